The first-order chi connectivity index (χ1) is 6.96. The van der Waals surface area contributed by atoms with Crippen molar-refractivity contribution in [2.24, 2.45) is 0 Å². The van der Waals surface area contributed by atoms with Crippen LogP contribution >= 0.6 is 0 Å². The van der Waals surface area contributed by atoms with Gasteiger partial charge >= 0.3 is 0 Å². The summed E-state index contributed by atoms with van der Waals surface area (Å²) in [6.45, 7) is 0.117. The molecule has 0 bridgehead atoms. The van der Waals surface area contributed by atoms with Gasteiger partial charge < -0.3 is 4.84 Å². The Bertz CT molecular complexity index is 445. The lowest BCUT2D eigenvalue weighted by Gasteiger charge is -2.06. The molecule has 0 fully saturated rings. The van der Waals surface area contributed by atoms with Gasteiger partial charge in [0.25, 0.3) is 0 Å². The third-order valence-electron chi connectivity index (χ3n) is 1.85. The van der Waals surface area contributed by atoms with Crippen molar-refractivity contribution in [1.82, 2.24) is 5.48 Å². The molecule has 0 aliphatic carbocycles. The standard InChI is InChI=1S/C9H12FNO3S/c1-14-11-6-7-4-3-5-8(9(7)10)15(2,12)13/h3-5,11H,6H2,1-2H3. The zero-order valence-corrected chi connectivity index (χ0v) is 9.27. The van der Waals surface area contributed by atoms with Gasteiger partial charge in [0.2, 0.25) is 0 Å². The molecule has 1 aromatic carbocycles. The van der Waals surface area contributed by atoms with E-state index in [2.05, 4.69) is 10.3 Å². The molecule has 0 aliphatic heterocycles. The Morgan fingerprint density at radius 3 is 2.67 bits per heavy atom. The highest BCUT2D eigenvalue weighted by Crippen LogP contribution is 2.17. The minimum Gasteiger partial charge on any atom is -0.305 e. The number of halogens is 1. The lowest BCUT2D eigenvalue weighted by atomic mass is 10.2. The molecule has 1 N–H and O–H groups in total. The molecular weight excluding hydrogens is 221 g/mol. The number of sulfone groups is 1. The molecule has 0 spiro atoms. The fraction of sp³-hybridized carbons (Fsp3) is 0.333. The van der Waals surface area contributed by atoms with E-state index in [4.69, 9.17) is 0 Å². The van der Waals surface area contributed by atoms with Crippen molar-refractivity contribution in [1.29, 1.82) is 0 Å². The van der Waals surface area contributed by atoms with Crippen LogP contribution < -0.4 is 5.48 Å². The molecule has 0 unspecified atom stereocenters. The van der Waals surface area contributed by atoms with E-state index in [-0.39, 0.29) is 17.0 Å². The maximum Gasteiger partial charge on any atom is 0.178 e. The molecule has 0 saturated carbocycles. The number of hydrogen-bond donors (Lipinski definition) is 1. The van der Waals surface area contributed by atoms with E-state index in [0.29, 0.717) is 0 Å². The smallest absolute Gasteiger partial charge is 0.178 e. The van der Waals surface area contributed by atoms with Gasteiger partial charge in [-0.05, 0) is 6.07 Å². The Morgan fingerprint density at radius 2 is 2.13 bits per heavy atom. The van der Waals surface area contributed by atoms with Crippen LogP contribution in [-0.2, 0) is 21.2 Å². The third-order valence-corrected chi connectivity index (χ3v) is 2.96. The zero-order valence-electron chi connectivity index (χ0n) is 8.45. The molecule has 0 heterocycles. The van der Waals surface area contributed by atoms with Gasteiger partial charge in [-0.25, -0.2) is 12.8 Å². The molecule has 1 aromatic rings. The van der Waals surface area contributed by atoms with Gasteiger partial charge in [0, 0.05) is 18.4 Å². The van der Waals surface area contributed by atoms with E-state index < -0.39 is 15.7 Å². The summed E-state index contributed by atoms with van der Waals surface area (Å²) in [4.78, 5) is 4.27. The fourth-order valence-corrected chi connectivity index (χ4v) is 1.91. The van der Waals surface area contributed by atoms with E-state index >= 15 is 0 Å². The van der Waals surface area contributed by atoms with Crippen LogP contribution in [0.25, 0.3) is 0 Å². The number of benzene rings is 1. The summed E-state index contributed by atoms with van der Waals surface area (Å²) in [5.41, 5.74) is 2.70. The van der Waals surface area contributed by atoms with E-state index in [1.807, 2.05) is 0 Å². The second-order valence-electron chi connectivity index (χ2n) is 3.03. The van der Waals surface area contributed by atoms with Crippen LogP contribution in [0.4, 0.5) is 4.39 Å². The monoisotopic (exact) mass is 233 g/mol. The molecule has 6 heteroatoms. The lowest BCUT2D eigenvalue weighted by Crippen LogP contribution is -2.13. The first-order valence-corrected chi connectivity index (χ1v) is 6.09. The summed E-state index contributed by atoms with van der Waals surface area (Å²) in [6.07, 6.45) is 0.971. The molecule has 4 nitrogen and oxygen atoms in total. The van der Waals surface area contributed by atoms with Crippen LogP contribution in [0.2, 0.25) is 0 Å². The molecular formula is C9H12FNO3S. The summed E-state index contributed by atoms with van der Waals surface area (Å²) in [7, 11) is -2.12. The number of hydroxylamine groups is 1. The second-order valence-corrected chi connectivity index (χ2v) is 5.01. The van der Waals surface area contributed by atoms with Gasteiger partial charge in [-0.15, -0.1) is 0 Å². The average Bonchev–Trinajstić information content (AvgIpc) is 2.14. The second kappa shape index (κ2) is 4.69. The normalized spacial score (nSPS) is 11.7. The van der Waals surface area contributed by atoms with Gasteiger partial charge in [0.1, 0.15) is 10.7 Å². The molecule has 0 aliphatic rings. The molecule has 0 atom stereocenters. The van der Waals surface area contributed by atoms with Crippen molar-refractivity contribution < 1.29 is 17.6 Å². The van der Waals surface area contributed by atoms with Crippen LogP contribution in [0, 0.1) is 5.82 Å². The Morgan fingerprint density at radius 1 is 1.47 bits per heavy atom. The molecule has 0 aromatic heterocycles. The maximum absolute atomic E-state index is 13.6. The third kappa shape index (κ3) is 2.98. The van der Waals surface area contributed by atoms with Crippen molar-refractivity contribution in [2.75, 3.05) is 13.4 Å². The minimum atomic E-state index is -3.52. The molecule has 15 heavy (non-hydrogen) atoms. The Balaban J connectivity index is 3.12. The summed E-state index contributed by atoms with van der Waals surface area (Å²) < 4.78 is 36.0. The van der Waals surface area contributed by atoms with Crippen molar-refractivity contribution in [2.45, 2.75) is 11.4 Å². The lowest BCUT2D eigenvalue weighted by molar-refractivity contribution is 0.0858. The van der Waals surface area contributed by atoms with Gasteiger partial charge in [0.15, 0.2) is 9.84 Å². The maximum atomic E-state index is 13.6. The predicted octanol–water partition coefficient (Wildman–Crippen LogP) is 0.880. The first-order valence-electron chi connectivity index (χ1n) is 4.20. The van der Waals surface area contributed by atoms with Gasteiger partial charge in [0.05, 0.1) is 7.11 Å². The molecule has 0 radical (unpaired) electrons. The molecule has 1 rings (SSSR count). The van der Waals surface area contributed by atoms with E-state index in [1.54, 1.807) is 0 Å². The molecule has 0 saturated heterocycles. The van der Waals surface area contributed by atoms with Crippen molar-refractivity contribution >= 4 is 9.84 Å². The van der Waals surface area contributed by atoms with E-state index in [0.717, 1.165) is 6.26 Å². The highest BCUT2D eigenvalue weighted by atomic mass is 32.2. The molecule has 0 amide bonds. The van der Waals surface area contributed by atoms with E-state index in [9.17, 15) is 12.8 Å². The SMILES string of the molecule is CONCc1cccc(S(C)(=O)=O)c1F. The fourth-order valence-electron chi connectivity index (χ4n) is 1.13. The van der Waals surface area contributed by atoms with Crippen molar-refractivity contribution in [3.63, 3.8) is 0 Å². The van der Waals surface area contributed by atoms with Gasteiger partial charge in [-0.1, -0.05) is 12.1 Å². The topological polar surface area (TPSA) is 55.4 Å². The first kappa shape index (κ1) is 12.1. The Hall–Kier alpha value is -0.980. The highest BCUT2D eigenvalue weighted by Gasteiger charge is 2.15. The van der Waals surface area contributed by atoms with Crippen LogP contribution in [0.3, 0.4) is 0 Å². The predicted molar refractivity (Wildman–Crippen MR) is 53.4 cm³/mol. The van der Waals surface area contributed by atoms with Crippen LogP contribution in [0.1, 0.15) is 5.56 Å². The van der Waals surface area contributed by atoms with Crippen molar-refractivity contribution in [3.8, 4) is 0 Å². The summed E-state index contributed by atoms with van der Waals surface area (Å²) >= 11 is 0. The quantitative estimate of drug-likeness (QED) is 0.784. The largest absolute Gasteiger partial charge is 0.305 e. The van der Waals surface area contributed by atoms with Crippen LogP contribution in [0.5, 0.6) is 0 Å². The Labute approximate surface area is 87.9 Å². The van der Waals surface area contributed by atoms with Gasteiger partial charge in [-0.2, -0.15) is 5.48 Å². The van der Waals surface area contributed by atoms with Crippen LogP contribution in [-0.4, -0.2) is 21.8 Å². The van der Waals surface area contributed by atoms with E-state index in [1.165, 1.54) is 25.3 Å². The highest BCUT2D eigenvalue weighted by molar-refractivity contribution is 7.90. The minimum absolute atomic E-state index is 0.117. The summed E-state index contributed by atoms with van der Waals surface area (Å²) in [5, 5.41) is 0. The number of nitrogens with one attached hydrogen (secondary N) is 1. The molecule has 84 valence electrons. The number of rotatable bonds is 4. The van der Waals surface area contributed by atoms with Gasteiger partial charge in [-0.3, -0.25) is 0 Å². The van der Waals surface area contributed by atoms with Crippen molar-refractivity contribution in [3.05, 3.63) is 29.6 Å². The average molecular weight is 233 g/mol. The Kier molecular flexibility index (Phi) is 3.78. The zero-order chi connectivity index (χ0) is 11.5. The summed E-state index contributed by atoms with van der Waals surface area (Å²) in [5.74, 6) is -0.732. The number of hydrogen-bond acceptors (Lipinski definition) is 4. The summed E-state index contributed by atoms with van der Waals surface area (Å²) in [6, 6.07) is 4.23. The van der Waals surface area contributed by atoms with Crippen LogP contribution in [0.15, 0.2) is 23.1 Å².